The Morgan fingerprint density at radius 1 is 1.53 bits per heavy atom. The maximum absolute atomic E-state index is 4.00. The maximum Gasteiger partial charge on any atom is 0.0728 e. The minimum Gasteiger partial charge on any atom is -0.316 e. The van der Waals surface area contributed by atoms with Crippen molar-refractivity contribution in [3.8, 4) is 0 Å². The fourth-order valence-corrected chi connectivity index (χ4v) is 2.30. The van der Waals surface area contributed by atoms with E-state index in [2.05, 4.69) is 22.6 Å². The fraction of sp³-hybridized carbons (Fsp3) is 0.818. The highest BCUT2D eigenvalue weighted by Crippen LogP contribution is 2.41. The molecule has 1 aromatic heterocycles. The van der Waals surface area contributed by atoms with E-state index in [0.29, 0.717) is 5.92 Å². The third-order valence-corrected chi connectivity index (χ3v) is 3.38. The average Bonchev–Trinajstić information content (AvgIpc) is 2.58. The molecule has 84 valence electrons. The van der Waals surface area contributed by atoms with Crippen molar-refractivity contribution in [2.24, 2.45) is 13.0 Å². The first-order valence-corrected chi connectivity index (χ1v) is 5.88. The molecule has 1 saturated carbocycles. The summed E-state index contributed by atoms with van der Waals surface area (Å²) in [5.74, 6) is 1.46. The molecule has 15 heavy (non-hydrogen) atoms. The second-order valence-corrected chi connectivity index (χ2v) is 4.43. The van der Waals surface area contributed by atoms with Crippen LogP contribution in [0, 0.1) is 5.92 Å². The summed E-state index contributed by atoms with van der Waals surface area (Å²) < 4.78 is 1.91. The number of nitrogens with one attached hydrogen (secondary N) is 1. The van der Waals surface area contributed by atoms with Crippen molar-refractivity contribution in [1.29, 1.82) is 0 Å². The second-order valence-electron chi connectivity index (χ2n) is 4.43. The number of hydrogen-bond acceptors (Lipinski definition) is 3. The van der Waals surface area contributed by atoms with Crippen LogP contribution in [0.25, 0.3) is 0 Å². The molecule has 2 rings (SSSR count). The molecule has 4 heteroatoms. The zero-order valence-electron chi connectivity index (χ0n) is 9.61. The number of aromatic nitrogens is 3. The SMILES string of the molecule is CCCNCC1CCC1c1cnnn1C. The molecule has 1 aliphatic rings. The van der Waals surface area contributed by atoms with Crippen LogP contribution in [0.5, 0.6) is 0 Å². The first kappa shape index (κ1) is 10.6. The molecule has 0 aromatic carbocycles. The molecule has 1 fully saturated rings. The monoisotopic (exact) mass is 208 g/mol. The van der Waals surface area contributed by atoms with E-state index in [9.17, 15) is 0 Å². The zero-order chi connectivity index (χ0) is 10.7. The average molecular weight is 208 g/mol. The van der Waals surface area contributed by atoms with Crippen molar-refractivity contribution in [3.63, 3.8) is 0 Å². The Bertz CT molecular complexity index is 307. The van der Waals surface area contributed by atoms with Crippen LogP contribution >= 0.6 is 0 Å². The van der Waals surface area contributed by atoms with Gasteiger partial charge >= 0.3 is 0 Å². The van der Waals surface area contributed by atoms with Crippen LogP contribution in [0.15, 0.2) is 6.20 Å². The molecule has 0 saturated heterocycles. The van der Waals surface area contributed by atoms with Gasteiger partial charge < -0.3 is 5.32 Å². The zero-order valence-corrected chi connectivity index (χ0v) is 9.61. The normalized spacial score (nSPS) is 25.2. The molecule has 0 bridgehead atoms. The molecule has 0 radical (unpaired) electrons. The molecule has 1 aliphatic carbocycles. The van der Waals surface area contributed by atoms with Crippen molar-refractivity contribution in [2.75, 3.05) is 13.1 Å². The summed E-state index contributed by atoms with van der Waals surface area (Å²) in [5.41, 5.74) is 1.30. The van der Waals surface area contributed by atoms with Gasteiger partial charge in [0.1, 0.15) is 0 Å². The Hall–Kier alpha value is -0.900. The van der Waals surface area contributed by atoms with Gasteiger partial charge in [-0.15, -0.1) is 5.10 Å². The van der Waals surface area contributed by atoms with Gasteiger partial charge in [-0.2, -0.15) is 0 Å². The third-order valence-electron chi connectivity index (χ3n) is 3.38. The minimum absolute atomic E-state index is 0.675. The quantitative estimate of drug-likeness (QED) is 0.742. The van der Waals surface area contributed by atoms with E-state index in [-0.39, 0.29) is 0 Å². The van der Waals surface area contributed by atoms with E-state index in [0.717, 1.165) is 19.0 Å². The lowest BCUT2D eigenvalue weighted by Crippen LogP contribution is -2.35. The van der Waals surface area contributed by atoms with Gasteiger partial charge in [0, 0.05) is 13.0 Å². The Kier molecular flexibility index (Phi) is 3.36. The van der Waals surface area contributed by atoms with Crippen LogP contribution in [0.1, 0.15) is 37.8 Å². The largest absolute Gasteiger partial charge is 0.316 e. The molecule has 2 unspecified atom stereocenters. The number of hydrogen-bond donors (Lipinski definition) is 1. The number of nitrogens with zero attached hydrogens (tertiary/aromatic N) is 3. The molecule has 0 amide bonds. The van der Waals surface area contributed by atoms with Gasteiger partial charge in [0.15, 0.2) is 0 Å². The maximum atomic E-state index is 4.00. The molecule has 0 spiro atoms. The van der Waals surface area contributed by atoms with Gasteiger partial charge in [-0.3, -0.25) is 4.68 Å². The fourth-order valence-electron chi connectivity index (χ4n) is 2.30. The lowest BCUT2D eigenvalue weighted by molar-refractivity contribution is 0.236. The Morgan fingerprint density at radius 3 is 2.93 bits per heavy atom. The summed E-state index contributed by atoms with van der Waals surface area (Å²) in [6.07, 6.45) is 5.76. The summed E-state index contributed by atoms with van der Waals surface area (Å²) in [5, 5.41) is 11.4. The van der Waals surface area contributed by atoms with Crippen molar-refractivity contribution >= 4 is 0 Å². The summed E-state index contributed by atoms with van der Waals surface area (Å²) in [7, 11) is 1.98. The van der Waals surface area contributed by atoms with Crippen LogP contribution in [0.2, 0.25) is 0 Å². The third kappa shape index (κ3) is 2.20. The lowest BCUT2D eigenvalue weighted by atomic mass is 9.72. The predicted molar refractivity (Wildman–Crippen MR) is 59.6 cm³/mol. The molecule has 1 aromatic rings. The standard InChI is InChI=1S/C11H20N4/c1-3-6-12-7-9-4-5-10(9)11-8-13-14-15(11)2/h8-10,12H,3-7H2,1-2H3. The molecule has 0 aliphatic heterocycles. The van der Waals surface area contributed by atoms with Gasteiger partial charge in [-0.1, -0.05) is 12.1 Å². The summed E-state index contributed by atoms with van der Waals surface area (Å²) in [6, 6.07) is 0. The van der Waals surface area contributed by atoms with Crippen LogP contribution in [-0.2, 0) is 7.05 Å². The van der Waals surface area contributed by atoms with Gasteiger partial charge in [0.25, 0.3) is 0 Å². The highest BCUT2D eigenvalue weighted by molar-refractivity contribution is 5.10. The summed E-state index contributed by atoms with van der Waals surface area (Å²) in [4.78, 5) is 0. The van der Waals surface area contributed by atoms with Crippen molar-refractivity contribution in [1.82, 2.24) is 20.3 Å². The van der Waals surface area contributed by atoms with E-state index in [1.54, 1.807) is 0 Å². The Balaban J connectivity index is 1.87. The molecule has 4 nitrogen and oxygen atoms in total. The first-order valence-electron chi connectivity index (χ1n) is 5.88. The van der Waals surface area contributed by atoms with Crippen molar-refractivity contribution in [2.45, 2.75) is 32.1 Å². The van der Waals surface area contributed by atoms with Crippen LogP contribution in [-0.4, -0.2) is 28.1 Å². The molecule has 2 atom stereocenters. The Morgan fingerprint density at radius 2 is 2.40 bits per heavy atom. The highest BCUT2D eigenvalue weighted by atomic mass is 15.4. The summed E-state index contributed by atoms with van der Waals surface area (Å²) >= 11 is 0. The molecule has 1 heterocycles. The van der Waals surface area contributed by atoms with E-state index in [4.69, 9.17) is 0 Å². The van der Waals surface area contributed by atoms with Crippen LogP contribution in [0.4, 0.5) is 0 Å². The number of aryl methyl sites for hydroxylation is 1. The highest BCUT2D eigenvalue weighted by Gasteiger charge is 2.33. The minimum atomic E-state index is 0.675. The van der Waals surface area contributed by atoms with Gasteiger partial charge in [0.05, 0.1) is 11.9 Å². The van der Waals surface area contributed by atoms with E-state index >= 15 is 0 Å². The first-order chi connectivity index (χ1) is 7.33. The van der Waals surface area contributed by atoms with Crippen LogP contribution in [0.3, 0.4) is 0 Å². The van der Waals surface area contributed by atoms with Gasteiger partial charge in [-0.05, 0) is 38.3 Å². The number of rotatable bonds is 5. The summed E-state index contributed by atoms with van der Waals surface area (Å²) in [6.45, 7) is 4.48. The molecular weight excluding hydrogens is 188 g/mol. The van der Waals surface area contributed by atoms with Gasteiger partial charge in [0.2, 0.25) is 0 Å². The molecular formula is C11H20N4. The Labute approximate surface area is 91.1 Å². The van der Waals surface area contributed by atoms with E-state index < -0.39 is 0 Å². The lowest BCUT2D eigenvalue weighted by Gasteiger charge is -2.36. The van der Waals surface area contributed by atoms with E-state index in [1.807, 2.05) is 17.9 Å². The molecule has 1 N–H and O–H groups in total. The van der Waals surface area contributed by atoms with Gasteiger partial charge in [-0.25, -0.2) is 0 Å². The second kappa shape index (κ2) is 4.75. The van der Waals surface area contributed by atoms with Crippen LogP contribution < -0.4 is 5.32 Å². The van der Waals surface area contributed by atoms with Crippen molar-refractivity contribution < 1.29 is 0 Å². The topological polar surface area (TPSA) is 42.7 Å². The van der Waals surface area contributed by atoms with E-state index in [1.165, 1.54) is 25.0 Å². The predicted octanol–water partition coefficient (Wildman–Crippen LogP) is 1.31. The smallest absolute Gasteiger partial charge is 0.0728 e. The van der Waals surface area contributed by atoms with Crippen molar-refractivity contribution in [3.05, 3.63) is 11.9 Å².